The van der Waals surface area contributed by atoms with Crippen molar-refractivity contribution in [2.75, 3.05) is 51.3 Å². The van der Waals surface area contributed by atoms with Crippen LogP contribution in [-0.4, -0.2) is 89.7 Å². The minimum Gasteiger partial charge on any atom is -0.780 e. The fourth-order valence-corrected chi connectivity index (χ4v) is 9.65. The maximum Gasteiger partial charge on any atom is 1.00 e. The van der Waals surface area contributed by atoms with E-state index in [1.54, 1.807) is 24.1 Å². The smallest absolute Gasteiger partial charge is 0.780 e. The van der Waals surface area contributed by atoms with Crippen molar-refractivity contribution in [3.8, 4) is 22.8 Å². The van der Waals surface area contributed by atoms with Crippen LogP contribution in [0.25, 0.3) is 11.3 Å². The number of rotatable bonds is 9. The first kappa shape index (κ1) is 48.2. The van der Waals surface area contributed by atoms with Crippen molar-refractivity contribution in [1.29, 1.82) is 0 Å². The van der Waals surface area contributed by atoms with Gasteiger partial charge in [0.1, 0.15) is 19.3 Å². The van der Waals surface area contributed by atoms with Gasteiger partial charge in [0.2, 0.25) is 0 Å². The predicted octanol–water partition coefficient (Wildman–Crippen LogP) is -0.560. The van der Waals surface area contributed by atoms with Crippen LogP contribution in [-0.2, 0) is 48.2 Å². The van der Waals surface area contributed by atoms with Crippen molar-refractivity contribution >= 4 is 31.4 Å². The van der Waals surface area contributed by atoms with Crippen LogP contribution >= 0.6 is 7.82 Å². The Hall–Kier alpha value is -3.76. The van der Waals surface area contributed by atoms with E-state index in [2.05, 4.69) is 38.3 Å². The molecule has 1 fully saturated rings. The number of benzene rings is 4. The van der Waals surface area contributed by atoms with Crippen LogP contribution in [0.1, 0.15) is 61.5 Å². The molecule has 0 bridgehead atoms. The first-order valence-electron chi connectivity index (χ1n) is 21.2. The van der Waals surface area contributed by atoms with Crippen LogP contribution in [0.4, 0.5) is 10.5 Å². The van der Waals surface area contributed by atoms with E-state index in [9.17, 15) is 23.9 Å². The Morgan fingerprint density at radius 1 is 0.766 bits per heavy atom. The molecule has 14 nitrogen and oxygen atoms in total. The summed E-state index contributed by atoms with van der Waals surface area (Å²) in [5, 5.41) is 0. The number of para-hydroxylation sites is 1. The molecule has 4 aromatic carbocycles. The summed E-state index contributed by atoms with van der Waals surface area (Å²) in [6.45, 7) is 5.40. The van der Waals surface area contributed by atoms with Crippen molar-refractivity contribution in [3.63, 3.8) is 0 Å². The summed E-state index contributed by atoms with van der Waals surface area (Å²) in [5.74, 6) is -0.0673. The summed E-state index contributed by atoms with van der Waals surface area (Å²) in [6, 6.07) is 28.9. The molecule has 0 radical (unpaired) electrons. The Kier molecular flexibility index (Phi) is 15.7. The molecule has 1 atom stereocenters. The van der Waals surface area contributed by atoms with Crippen LogP contribution in [0.2, 0.25) is 0 Å². The van der Waals surface area contributed by atoms with Gasteiger partial charge < -0.3 is 47.6 Å². The number of aromatic nitrogens is 1. The topological polar surface area (TPSA) is 160 Å². The zero-order valence-corrected chi connectivity index (χ0v) is 41.5. The number of hydrogen-bond donors (Lipinski definition) is 0. The minimum absolute atomic E-state index is 0. The van der Waals surface area contributed by atoms with Crippen molar-refractivity contribution in [2.45, 2.75) is 57.8 Å². The number of carbonyl (C=O) groups excluding carboxylic acids is 3. The van der Waals surface area contributed by atoms with E-state index >= 15 is 4.79 Å². The van der Waals surface area contributed by atoms with E-state index in [-0.39, 0.29) is 89.3 Å². The second-order valence-corrected chi connectivity index (χ2v) is 17.5. The van der Waals surface area contributed by atoms with E-state index in [4.69, 9.17) is 9.47 Å². The third-order valence-electron chi connectivity index (χ3n) is 12.5. The number of ether oxygens (including phenoxy) is 2. The van der Waals surface area contributed by atoms with E-state index in [0.29, 0.717) is 81.2 Å². The summed E-state index contributed by atoms with van der Waals surface area (Å²) in [5.41, 5.74) is 8.13. The summed E-state index contributed by atoms with van der Waals surface area (Å²) in [7, 11) is -3.61. The average Bonchev–Trinajstić information content (AvgIpc) is 3.67. The molecule has 1 saturated heterocycles. The van der Waals surface area contributed by atoms with Gasteiger partial charge in [-0.3, -0.25) is 14.5 Å². The second kappa shape index (κ2) is 20.8. The Bertz CT molecular complexity index is 2550. The zero-order valence-electron chi connectivity index (χ0n) is 36.6. The van der Waals surface area contributed by atoms with Gasteiger partial charge in [-0.15, -0.1) is 0 Å². The standard InChI is InChI=1S/C47H50N5O9P.2Na/c1-48(36-14-16-39(17-15-36)61-62(56,57)58)45(53)42-28-44(51-19-8-7-13-43(42)51)40-26-33-18-20-50(47(55)60-38-11-3-2-4-12-38)29-35(33)27-41(40)46(54)52-30-34-10-6-5-9-32(34)25-37(52)31-49-21-23-59-24-22-49;;/h2-6,9-12,14-17,26-28,37H,7-8,13,18-25,29-31H2,1H3,(H2,56,57,58);;/q;2*+1/p-2/t37-;;/m0../s1. The molecule has 0 saturated carbocycles. The molecule has 4 aliphatic rings. The normalized spacial score (nSPS) is 17.1. The minimum atomic E-state index is -5.25. The van der Waals surface area contributed by atoms with Gasteiger partial charge >= 0.3 is 65.2 Å². The van der Waals surface area contributed by atoms with Crippen molar-refractivity contribution in [1.82, 2.24) is 19.3 Å². The van der Waals surface area contributed by atoms with Gasteiger partial charge in [0.25, 0.3) is 11.8 Å². The second-order valence-electron chi connectivity index (χ2n) is 16.4. The molecule has 322 valence electrons. The van der Waals surface area contributed by atoms with Gasteiger partial charge in [0.05, 0.1) is 18.8 Å². The quantitative estimate of drug-likeness (QED) is 0.139. The molecule has 0 spiro atoms. The maximum absolute atomic E-state index is 15.5. The molecule has 5 heterocycles. The van der Waals surface area contributed by atoms with Gasteiger partial charge in [-0.2, -0.15) is 0 Å². The van der Waals surface area contributed by atoms with E-state index in [0.717, 1.165) is 59.6 Å². The van der Waals surface area contributed by atoms with Gasteiger partial charge in [0, 0.05) is 87.1 Å². The largest absolute Gasteiger partial charge is 1.00 e. The first-order chi connectivity index (χ1) is 30.0. The number of hydrogen-bond acceptors (Lipinski definition) is 10. The molecule has 3 amide bonds. The average molecular weight is 904 g/mol. The fraction of sp³-hybridized carbons (Fsp3) is 0.340. The van der Waals surface area contributed by atoms with Crippen LogP contribution < -0.4 is 83.1 Å². The zero-order chi connectivity index (χ0) is 43.0. The molecule has 4 aliphatic heterocycles. The van der Waals surface area contributed by atoms with Crippen LogP contribution in [0, 0.1) is 0 Å². The number of phosphoric ester groups is 1. The van der Waals surface area contributed by atoms with Crippen LogP contribution in [0.15, 0.2) is 97.1 Å². The van der Waals surface area contributed by atoms with Gasteiger partial charge in [-0.05, 0) is 109 Å². The Balaban J connectivity index is 0.00000306. The number of nitrogens with zero attached hydrogens (tertiary/aromatic N) is 5. The predicted molar refractivity (Wildman–Crippen MR) is 228 cm³/mol. The van der Waals surface area contributed by atoms with Crippen LogP contribution in [0.5, 0.6) is 11.5 Å². The summed E-state index contributed by atoms with van der Waals surface area (Å²) in [6.07, 6.45) is 3.27. The van der Waals surface area contributed by atoms with Gasteiger partial charge in [-0.25, -0.2) is 4.79 Å². The SMILES string of the molecule is CN(C(=O)c1cc(-c2cc3c(cc2C(=O)N2Cc4ccccc4C[C@H]2CN2CCOCC2)CN(C(=O)Oc2ccccc2)CC3)n2c1CCCC2)c1ccc(OP(=O)([O-])[O-])cc1.[Na+].[Na+]. The first-order valence-corrected chi connectivity index (χ1v) is 22.6. The number of morpholine rings is 1. The van der Waals surface area contributed by atoms with Crippen molar-refractivity contribution in [3.05, 3.63) is 136 Å². The Morgan fingerprint density at radius 3 is 2.22 bits per heavy atom. The summed E-state index contributed by atoms with van der Waals surface area (Å²) >= 11 is 0. The third kappa shape index (κ3) is 10.6. The molecular formula is C47H48N5Na2O9P. The van der Waals surface area contributed by atoms with E-state index in [1.165, 1.54) is 34.7 Å². The molecule has 1 aromatic heterocycles. The Labute approximate surface area is 417 Å². The molecular weight excluding hydrogens is 855 g/mol. The van der Waals surface area contributed by atoms with Crippen molar-refractivity contribution in [2.24, 2.45) is 0 Å². The maximum atomic E-state index is 15.5. The Morgan fingerprint density at radius 2 is 1.48 bits per heavy atom. The fourth-order valence-electron chi connectivity index (χ4n) is 9.27. The van der Waals surface area contributed by atoms with E-state index in [1.807, 2.05) is 41.3 Å². The number of phosphoric acid groups is 1. The molecule has 5 aromatic rings. The summed E-state index contributed by atoms with van der Waals surface area (Å²) in [4.78, 5) is 73.4. The van der Waals surface area contributed by atoms with Gasteiger partial charge in [-0.1, -0.05) is 42.5 Å². The number of anilines is 1. The summed E-state index contributed by atoms with van der Waals surface area (Å²) < 4.78 is 29.3. The molecule has 64 heavy (non-hydrogen) atoms. The number of amides is 3. The van der Waals surface area contributed by atoms with Gasteiger partial charge in [0.15, 0.2) is 0 Å². The van der Waals surface area contributed by atoms with Crippen molar-refractivity contribution < 1.29 is 102 Å². The molecule has 0 unspecified atom stereocenters. The number of carbonyl (C=O) groups is 3. The molecule has 0 aliphatic carbocycles. The molecule has 17 heteroatoms. The number of fused-ring (bicyclic) bond motifs is 3. The monoisotopic (exact) mass is 903 g/mol. The molecule has 9 rings (SSSR count). The third-order valence-corrected chi connectivity index (χ3v) is 12.9. The molecule has 0 N–H and O–H groups in total. The van der Waals surface area contributed by atoms with E-state index < -0.39 is 13.9 Å². The van der Waals surface area contributed by atoms with Crippen LogP contribution in [0.3, 0.4) is 0 Å².